The van der Waals surface area contributed by atoms with Crippen LogP contribution in [-0.2, 0) is 11.2 Å². The standard InChI is InChI=1S/C24H33N3O4S2/c1-16-5-9-18(10-6-16)27(14-13-17-7-11-19(31-4)12-8-17)23(30)26-22-25-15-20(32-22)33-24(2,3)21(28)29/h7-8,11-12,15-16,18H,5-6,9-10,13-14H2,1-4H3,(H,28,29)(H,25,26,30). The molecule has 0 unspecified atom stereocenters. The minimum absolute atomic E-state index is 0.147. The van der Waals surface area contributed by atoms with Crippen molar-refractivity contribution >= 4 is 40.2 Å². The van der Waals surface area contributed by atoms with E-state index in [1.807, 2.05) is 29.2 Å². The van der Waals surface area contributed by atoms with E-state index >= 15 is 0 Å². The predicted octanol–water partition coefficient (Wildman–Crippen LogP) is 5.76. The number of aliphatic carboxylic acids is 1. The first-order valence-corrected chi connectivity index (χ1v) is 12.9. The van der Waals surface area contributed by atoms with Crippen LogP contribution in [0.4, 0.5) is 9.93 Å². The Balaban J connectivity index is 1.67. The normalized spacial score (nSPS) is 18.5. The van der Waals surface area contributed by atoms with Crippen molar-refractivity contribution in [1.29, 1.82) is 0 Å². The summed E-state index contributed by atoms with van der Waals surface area (Å²) >= 11 is 2.53. The average Bonchev–Trinajstić information content (AvgIpc) is 3.21. The lowest BCUT2D eigenvalue weighted by atomic mass is 9.86. The molecule has 1 aromatic heterocycles. The topological polar surface area (TPSA) is 91.8 Å². The SMILES string of the molecule is COc1ccc(CCN(C(=O)Nc2ncc(SC(C)(C)C(=O)O)s2)C2CCC(C)CC2)cc1. The predicted molar refractivity (Wildman–Crippen MR) is 134 cm³/mol. The Morgan fingerprint density at radius 1 is 1.24 bits per heavy atom. The molecule has 0 saturated heterocycles. The summed E-state index contributed by atoms with van der Waals surface area (Å²) in [7, 11) is 1.65. The van der Waals surface area contributed by atoms with Gasteiger partial charge in [-0.3, -0.25) is 10.1 Å². The lowest BCUT2D eigenvalue weighted by Gasteiger charge is -2.36. The number of carboxylic acid groups (broad SMARTS) is 1. The fourth-order valence-electron chi connectivity index (χ4n) is 3.87. The molecule has 2 aromatic rings. The van der Waals surface area contributed by atoms with Gasteiger partial charge in [0.1, 0.15) is 10.5 Å². The summed E-state index contributed by atoms with van der Waals surface area (Å²) < 4.78 is 5.03. The number of carbonyl (C=O) groups is 2. The molecule has 1 aliphatic rings. The molecule has 1 saturated carbocycles. The van der Waals surface area contributed by atoms with Crippen molar-refractivity contribution in [2.24, 2.45) is 5.92 Å². The minimum Gasteiger partial charge on any atom is -0.497 e. The largest absolute Gasteiger partial charge is 0.497 e. The Hall–Kier alpha value is -2.26. The van der Waals surface area contributed by atoms with E-state index in [2.05, 4.69) is 17.2 Å². The molecule has 1 heterocycles. The number of carboxylic acids is 1. The highest BCUT2D eigenvalue weighted by Crippen LogP contribution is 2.37. The Labute approximate surface area is 203 Å². The second-order valence-electron chi connectivity index (χ2n) is 9.04. The summed E-state index contributed by atoms with van der Waals surface area (Å²) in [5.41, 5.74) is 1.15. The first kappa shape index (κ1) is 25.4. The molecule has 3 rings (SSSR count). The molecule has 0 spiro atoms. The third-order valence-corrected chi connectivity index (χ3v) is 8.26. The Kier molecular flexibility index (Phi) is 8.64. The van der Waals surface area contributed by atoms with E-state index < -0.39 is 10.7 Å². The van der Waals surface area contributed by atoms with Crippen LogP contribution in [0.5, 0.6) is 5.75 Å². The van der Waals surface area contributed by atoms with Crippen molar-refractivity contribution < 1.29 is 19.4 Å². The van der Waals surface area contributed by atoms with Gasteiger partial charge < -0.3 is 14.7 Å². The number of benzene rings is 1. The lowest BCUT2D eigenvalue weighted by molar-refractivity contribution is -0.138. The number of nitrogens with one attached hydrogen (secondary N) is 1. The van der Waals surface area contributed by atoms with Crippen LogP contribution >= 0.6 is 23.1 Å². The zero-order valence-electron chi connectivity index (χ0n) is 19.7. The van der Waals surface area contributed by atoms with Crippen LogP contribution in [0.15, 0.2) is 34.7 Å². The molecule has 0 aliphatic heterocycles. The van der Waals surface area contributed by atoms with Crippen molar-refractivity contribution in [3.05, 3.63) is 36.0 Å². The number of aromatic nitrogens is 1. The van der Waals surface area contributed by atoms with Crippen LogP contribution in [0.25, 0.3) is 0 Å². The van der Waals surface area contributed by atoms with E-state index in [-0.39, 0.29) is 12.1 Å². The zero-order chi connectivity index (χ0) is 24.0. The van der Waals surface area contributed by atoms with Gasteiger partial charge >= 0.3 is 12.0 Å². The Bertz CT molecular complexity index is 937. The van der Waals surface area contributed by atoms with Gasteiger partial charge in [-0.2, -0.15) is 0 Å². The van der Waals surface area contributed by atoms with Crippen LogP contribution < -0.4 is 10.1 Å². The molecule has 33 heavy (non-hydrogen) atoms. The molecular weight excluding hydrogens is 458 g/mol. The summed E-state index contributed by atoms with van der Waals surface area (Å²) in [5.74, 6) is 0.629. The maximum atomic E-state index is 13.3. The highest BCUT2D eigenvalue weighted by Gasteiger charge is 2.30. The second kappa shape index (κ2) is 11.2. The number of carbonyl (C=O) groups excluding carboxylic acids is 1. The fourth-order valence-corrected chi connectivity index (χ4v) is 6.13. The van der Waals surface area contributed by atoms with Gasteiger partial charge in [0.15, 0.2) is 5.13 Å². The molecule has 1 fully saturated rings. The van der Waals surface area contributed by atoms with Crippen molar-refractivity contribution in [2.75, 3.05) is 19.0 Å². The van der Waals surface area contributed by atoms with Gasteiger partial charge in [0, 0.05) is 12.6 Å². The van der Waals surface area contributed by atoms with E-state index in [0.717, 1.165) is 47.6 Å². The van der Waals surface area contributed by atoms with Crippen LogP contribution in [0, 0.1) is 5.92 Å². The van der Waals surface area contributed by atoms with Crippen molar-refractivity contribution in [3.8, 4) is 5.75 Å². The van der Waals surface area contributed by atoms with E-state index in [0.29, 0.717) is 17.6 Å². The molecular formula is C24H33N3O4S2. The number of rotatable bonds is 9. The summed E-state index contributed by atoms with van der Waals surface area (Å²) in [6.45, 7) is 6.20. The highest BCUT2D eigenvalue weighted by molar-refractivity contribution is 8.03. The smallest absolute Gasteiger partial charge is 0.323 e. The van der Waals surface area contributed by atoms with Crippen LogP contribution in [-0.4, -0.2) is 51.4 Å². The number of amides is 2. The molecule has 1 aromatic carbocycles. The molecule has 2 N–H and O–H groups in total. The molecule has 1 aliphatic carbocycles. The first-order valence-electron chi connectivity index (χ1n) is 11.3. The number of hydrogen-bond donors (Lipinski definition) is 2. The summed E-state index contributed by atoms with van der Waals surface area (Å²) in [4.78, 5) is 30.9. The fraction of sp³-hybridized carbons (Fsp3) is 0.542. The molecule has 0 radical (unpaired) electrons. The maximum absolute atomic E-state index is 13.3. The third kappa shape index (κ3) is 7.11. The monoisotopic (exact) mass is 491 g/mol. The number of ether oxygens (including phenoxy) is 1. The van der Waals surface area contributed by atoms with Gasteiger partial charge in [-0.15, -0.1) is 0 Å². The van der Waals surface area contributed by atoms with Crippen LogP contribution in [0.2, 0.25) is 0 Å². The van der Waals surface area contributed by atoms with Crippen LogP contribution in [0.1, 0.15) is 52.0 Å². The van der Waals surface area contributed by atoms with Gasteiger partial charge in [-0.25, -0.2) is 9.78 Å². The van der Waals surface area contributed by atoms with Gasteiger partial charge in [0.2, 0.25) is 0 Å². The van der Waals surface area contributed by atoms with E-state index in [1.165, 1.54) is 23.1 Å². The van der Waals surface area contributed by atoms with E-state index in [1.54, 1.807) is 27.2 Å². The van der Waals surface area contributed by atoms with Crippen molar-refractivity contribution in [1.82, 2.24) is 9.88 Å². The quantitative estimate of drug-likeness (QED) is 0.433. The van der Waals surface area contributed by atoms with E-state index in [9.17, 15) is 14.7 Å². The lowest BCUT2D eigenvalue weighted by Crippen LogP contribution is -2.45. The number of thiazole rings is 1. The van der Waals surface area contributed by atoms with Gasteiger partial charge in [0.25, 0.3) is 0 Å². The summed E-state index contributed by atoms with van der Waals surface area (Å²) in [6, 6.07) is 8.01. The maximum Gasteiger partial charge on any atom is 0.323 e. The Morgan fingerprint density at radius 2 is 1.91 bits per heavy atom. The highest BCUT2D eigenvalue weighted by atomic mass is 32.2. The van der Waals surface area contributed by atoms with Crippen molar-refractivity contribution in [2.45, 2.75) is 67.9 Å². The number of urea groups is 1. The molecule has 0 bridgehead atoms. The molecule has 0 atom stereocenters. The van der Waals surface area contributed by atoms with Crippen LogP contribution in [0.3, 0.4) is 0 Å². The van der Waals surface area contributed by atoms with Crippen molar-refractivity contribution in [3.63, 3.8) is 0 Å². The number of methoxy groups -OCH3 is 1. The van der Waals surface area contributed by atoms with Gasteiger partial charge in [-0.1, -0.05) is 42.2 Å². The minimum atomic E-state index is -0.961. The number of hydrogen-bond acceptors (Lipinski definition) is 6. The molecule has 9 heteroatoms. The van der Waals surface area contributed by atoms with Gasteiger partial charge in [0.05, 0.1) is 17.5 Å². The summed E-state index contributed by atoms with van der Waals surface area (Å²) in [5, 5.41) is 12.8. The summed E-state index contributed by atoms with van der Waals surface area (Å²) in [6.07, 6.45) is 6.64. The molecule has 180 valence electrons. The number of anilines is 1. The zero-order valence-corrected chi connectivity index (χ0v) is 21.3. The van der Waals surface area contributed by atoms with E-state index in [4.69, 9.17) is 4.74 Å². The Morgan fingerprint density at radius 3 is 2.52 bits per heavy atom. The average molecular weight is 492 g/mol. The first-order chi connectivity index (χ1) is 15.7. The number of nitrogens with zero attached hydrogens (tertiary/aromatic N) is 2. The molecule has 2 amide bonds. The second-order valence-corrected chi connectivity index (χ2v) is 12.0. The third-order valence-electron chi connectivity index (χ3n) is 6.06. The molecule has 7 nitrogen and oxygen atoms in total. The van der Waals surface area contributed by atoms with Gasteiger partial charge in [-0.05, 0) is 69.6 Å². The number of thioether (sulfide) groups is 1.